The Kier molecular flexibility index (Phi) is 6.78. The molecule has 0 bridgehead atoms. The zero-order valence-corrected chi connectivity index (χ0v) is 19.6. The molecular weight excluding hydrogens is 449 g/mol. The van der Waals surface area contributed by atoms with E-state index in [0.717, 1.165) is 64.5 Å². The number of rotatable bonds is 9. The number of hydrogen-bond acceptors (Lipinski definition) is 8. The molecule has 2 aromatic carbocycles. The molecule has 1 aliphatic rings. The maximum Gasteiger partial charge on any atom is 0.634 e. The van der Waals surface area contributed by atoms with E-state index in [4.69, 9.17) is 9.31 Å². The summed E-state index contributed by atoms with van der Waals surface area (Å²) in [6, 6.07) is 13.5. The molecule has 5 rings (SSSR count). The largest absolute Gasteiger partial charge is 0.634 e. The van der Waals surface area contributed by atoms with Gasteiger partial charge in [0.25, 0.3) is 0 Å². The van der Waals surface area contributed by atoms with Gasteiger partial charge in [-0.05, 0) is 36.2 Å². The molecule has 8 nitrogen and oxygen atoms in total. The zero-order chi connectivity index (χ0) is 23.3. The number of nitrogens with zero attached hydrogens (tertiary/aromatic N) is 3. The van der Waals surface area contributed by atoms with Crippen molar-refractivity contribution >= 4 is 41.5 Å². The summed E-state index contributed by atoms with van der Waals surface area (Å²) in [6.07, 6.45) is 5.44. The Labute approximate surface area is 202 Å². The van der Waals surface area contributed by atoms with E-state index in [1.807, 2.05) is 36.4 Å². The van der Waals surface area contributed by atoms with Gasteiger partial charge in [0.15, 0.2) is 5.65 Å². The smallest absolute Gasteiger partial charge is 0.521 e. The summed E-state index contributed by atoms with van der Waals surface area (Å²) < 4.78 is 11.6. The molecule has 10 heteroatoms. The van der Waals surface area contributed by atoms with Gasteiger partial charge >= 0.3 is 13.1 Å². The average molecular weight is 473 g/mol. The van der Waals surface area contributed by atoms with Crippen molar-refractivity contribution in [3.63, 3.8) is 0 Å². The van der Waals surface area contributed by atoms with Crippen LogP contribution in [0, 0.1) is 0 Å². The lowest BCUT2D eigenvalue weighted by Gasteiger charge is -2.23. The first-order valence-corrected chi connectivity index (χ1v) is 12.3. The van der Waals surface area contributed by atoms with Gasteiger partial charge in [-0.1, -0.05) is 55.4 Å². The first-order valence-electron chi connectivity index (χ1n) is 11.3. The zero-order valence-electron chi connectivity index (χ0n) is 18.8. The van der Waals surface area contributed by atoms with E-state index < -0.39 is 7.12 Å². The molecule has 0 amide bonds. The van der Waals surface area contributed by atoms with Crippen LogP contribution in [0.25, 0.3) is 11.2 Å². The van der Waals surface area contributed by atoms with E-state index in [9.17, 15) is 4.79 Å². The number of benzene rings is 2. The Balaban J connectivity index is 1.24. The van der Waals surface area contributed by atoms with E-state index >= 15 is 0 Å². The second-order valence-corrected chi connectivity index (χ2v) is 8.99. The molecule has 0 saturated carbocycles. The Morgan fingerprint density at radius 3 is 2.76 bits per heavy atom. The van der Waals surface area contributed by atoms with Crippen molar-refractivity contribution in [1.82, 2.24) is 25.3 Å². The molecule has 0 fully saturated rings. The number of nitrogens with one attached hydrogen (secondary N) is 2. The van der Waals surface area contributed by atoms with Crippen LogP contribution in [0.3, 0.4) is 0 Å². The Morgan fingerprint density at radius 1 is 1.06 bits per heavy atom. The van der Waals surface area contributed by atoms with Crippen molar-refractivity contribution in [3.05, 3.63) is 71.8 Å². The van der Waals surface area contributed by atoms with Gasteiger partial charge in [0.2, 0.25) is 0 Å². The lowest BCUT2D eigenvalue weighted by Crippen LogP contribution is -2.44. The van der Waals surface area contributed by atoms with Crippen LogP contribution in [0.5, 0.6) is 5.75 Å². The van der Waals surface area contributed by atoms with Crippen LogP contribution in [0.2, 0.25) is 0 Å². The van der Waals surface area contributed by atoms with Crippen molar-refractivity contribution in [1.29, 1.82) is 0 Å². The maximum absolute atomic E-state index is 12.5. The molecule has 0 unspecified atom stereocenters. The Hall–Kier alpha value is -3.37. The fourth-order valence-electron chi connectivity index (χ4n) is 3.68. The highest BCUT2D eigenvalue weighted by Gasteiger charge is 2.35. The second kappa shape index (κ2) is 10.3. The van der Waals surface area contributed by atoms with Gasteiger partial charge in [-0.3, -0.25) is 0 Å². The van der Waals surface area contributed by atoms with Gasteiger partial charge in [-0.15, -0.1) is 0 Å². The van der Waals surface area contributed by atoms with Crippen LogP contribution >= 0.6 is 11.8 Å². The van der Waals surface area contributed by atoms with Crippen LogP contribution in [0.15, 0.2) is 60.1 Å². The van der Waals surface area contributed by atoms with Crippen molar-refractivity contribution in [3.8, 4) is 5.75 Å². The SMILES string of the molecule is CCCCNCc1ccc2c(c1)OB(c1ccc(CSc3ncnc4[nH]cnc34)cc1)OC2=O. The first-order chi connectivity index (χ1) is 16.7. The minimum absolute atomic E-state index is 0.372. The Morgan fingerprint density at radius 2 is 1.91 bits per heavy atom. The van der Waals surface area contributed by atoms with Crippen LogP contribution in [0.4, 0.5) is 0 Å². The van der Waals surface area contributed by atoms with Crippen molar-refractivity contribution in [2.24, 2.45) is 0 Å². The summed E-state index contributed by atoms with van der Waals surface area (Å²) in [6.45, 7) is 3.87. The number of carbonyl (C=O) groups excluding carboxylic acids is 1. The normalized spacial score (nSPS) is 13.0. The molecule has 0 aliphatic carbocycles. The number of H-pyrrole nitrogens is 1. The maximum atomic E-state index is 12.5. The predicted molar refractivity (Wildman–Crippen MR) is 132 cm³/mol. The summed E-state index contributed by atoms with van der Waals surface area (Å²) in [7, 11) is -0.768. The highest BCUT2D eigenvalue weighted by Crippen LogP contribution is 2.27. The van der Waals surface area contributed by atoms with Crippen molar-refractivity contribution < 1.29 is 14.1 Å². The number of imidazole rings is 1. The van der Waals surface area contributed by atoms with E-state index in [1.165, 1.54) is 6.33 Å². The summed E-state index contributed by atoms with van der Waals surface area (Å²) in [5.74, 6) is 0.910. The number of aromatic amines is 1. The van der Waals surface area contributed by atoms with Gasteiger partial charge in [-0.25, -0.2) is 19.7 Å². The summed E-state index contributed by atoms with van der Waals surface area (Å²) in [4.78, 5) is 28.3. The van der Waals surface area contributed by atoms with E-state index in [0.29, 0.717) is 11.3 Å². The topological polar surface area (TPSA) is 102 Å². The molecule has 2 aromatic heterocycles. The predicted octanol–water partition coefficient (Wildman–Crippen LogP) is 3.48. The molecule has 0 saturated heterocycles. The highest BCUT2D eigenvalue weighted by atomic mass is 32.2. The monoisotopic (exact) mass is 473 g/mol. The molecule has 172 valence electrons. The van der Waals surface area contributed by atoms with E-state index in [2.05, 4.69) is 32.2 Å². The number of fused-ring (bicyclic) bond motifs is 2. The molecule has 1 aliphatic heterocycles. The quantitative estimate of drug-likeness (QED) is 0.165. The third-order valence-corrected chi connectivity index (χ3v) is 6.61. The lowest BCUT2D eigenvalue weighted by atomic mass is 9.77. The van der Waals surface area contributed by atoms with Crippen molar-refractivity contribution in [2.75, 3.05) is 6.54 Å². The van der Waals surface area contributed by atoms with E-state index in [-0.39, 0.29) is 5.97 Å². The molecule has 0 spiro atoms. The average Bonchev–Trinajstić information content (AvgIpc) is 3.35. The molecule has 34 heavy (non-hydrogen) atoms. The van der Waals surface area contributed by atoms with Gasteiger partial charge in [0.1, 0.15) is 22.6 Å². The number of carbonyl (C=O) groups is 1. The molecule has 2 N–H and O–H groups in total. The lowest BCUT2D eigenvalue weighted by molar-refractivity contribution is 0.0687. The third-order valence-electron chi connectivity index (χ3n) is 5.56. The second-order valence-electron chi connectivity index (χ2n) is 8.02. The van der Waals surface area contributed by atoms with Gasteiger partial charge < -0.3 is 19.6 Å². The first kappa shape index (κ1) is 22.4. The van der Waals surface area contributed by atoms with Gasteiger partial charge in [-0.2, -0.15) is 0 Å². The molecular formula is C24H24BN5O3S. The summed E-state index contributed by atoms with van der Waals surface area (Å²) in [5, 5.41) is 4.24. The minimum atomic E-state index is -0.768. The third kappa shape index (κ3) is 4.93. The molecule has 4 aromatic rings. The van der Waals surface area contributed by atoms with Crippen LogP contribution in [-0.2, 0) is 17.0 Å². The summed E-state index contributed by atoms with van der Waals surface area (Å²) >= 11 is 1.59. The molecule has 0 atom stereocenters. The van der Waals surface area contributed by atoms with E-state index in [1.54, 1.807) is 24.2 Å². The number of aromatic nitrogens is 4. The Bertz CT molecular complexity index is 1300. The van der Waals surface area contributed by atoms with Gasteiger partial charge in [0, 0.05) is 17.8 Å². The number of unbranched alkanes of at least 4 members (excludes halogenated alkanes) is 1. The van der Waals surface area contributed by atoms with Crippen molar-refractivity contribution in [2.45, 2.75) is 37.1 Å². The fraction of sp³-hybridized carbons (Fsp3) is 0.250. The van der Waals surface area contributed by atoms with Gasteiger partial charge in [0.05, 0.1) is 11.9 Å². The minimum Gasteiger partial charge on any atom is -0.521 e. The highest BCUT2D eigenvalue weighted by molar-refractivity contribution is 7.98. The molecule has 3 heterocycles. The standard InChI is InChI=1S/C24H24BN5O3S/c1-2-3-10-26-12-17-6-9-19-20(11-17)32-25(33-24(19)31)18-7-4-16(5-8-18)13-34-23-21-22(28-14-27-21)29-15-30-23/h4-9,11,14-15,26H,2-3,10,12-13H2,1H3,(H,27,28,29,30). The van der Waals surface area contributed by atoms with Crippen LogP contribution < -0.4 is 15.4 Å². The van der Waals surface area contributed by atoms with Crippen LogP contribution in [-0.4, -0.2) is 39.6 Å². The summed E-state index contributed by atoms with van der Waals surface area (Å²) in [5.41, 5.74) is 4.92. The molecule has 0 radical (unpaired) electrons. The van der Waals surface area contributed by atoms with Crippen LogP contribution in [0.1, 0.15) is 41.3 Å². The number of thioether (sulfide) groups is 1. The number of hydrogen-bond donors (Lipinski definition) is 2. The fourth-order valence-corrected chi connectivity index (χ4v) is 4.59.